The number of alkyl halides is 6. The first kappa shape index (κ1) is 36.1. The summed E-state index contributed by atoms with van der Waals surface area (Å²) in [5.41, 5.74) is -5.67. The van der Waals surface area contributed by atoms with E-state index >= 15 is 8.78 Å². The maximum atomic E-state index is 15.2. The molecule has 0 atom stereocenters. The molecule has 1 aliphatic rings. The lowest BCUT2D eigenvalue weighted by molar-refractivity contribution is -0.139. The number of aromatic nitrogens is 5. The monoisotopic (exact) mass is 716 g/mol. The summed E-state index contributed by atoms with van der Waals surface area (Å²) in [4.78, 5) is 32.8. The lowest BCUT2D eigenvalue weighted by atomic mass is 9.74. The molecule has 0 unspecified atom stereocenters. The fourth-order valence-corrected chi connectivity index (χ4v) is 6.29. The average Bonchev–Trinajstić information content (AvgIpc) is 2.98. The molecule has 1 saturated carbocycles. The molecule has 3 aromatic heterocycles. The lowest BCUT2D eigenvalue weighted by Gasteiger charge is -2.36. The maximum Gasteiger partial charge on any atom is 0.423 e. The Hall–Kier alpha value is -4.19. The fourth-order valence-electron chi connectivity index (χ4n) is 5.54. The van der Waals surface area contributed by atoms with E-state index in [1.54, 1.807) is 0 Å². The van der Waals surface area contributed by atoms with E-state index in [-0.39, 0.29) is 30.3 Å². The van der Waals surface area contributed by atoms with Crippen molar-refractivity contribution < 1.29 is 39.9 Å². The molecule has 0 saturated heterocycles. The van der Waals surface area contributed by atoms with Gasteiger partial charge in [0.2, 0.25) is 0 Å². The molecule has 0 radical (unpaired) electrons. The maximum absolute atomic E-state index is 15.2. The molecule has 3 heterocycles. The first-order valence-electron chi connectivity index (χ1n) is 15.2. The van der Waals surface area contributed by atoms with Gasteiger partial charge in [-0.25, -0.2) is 23.4 Å². The number of pyridine rings is 1. The van der Waals surface area contributed by atoms with E-state index in [0.717, 1.165) is 18.3 Å². The van der Waals surface area contributed by atoms with E-state index in [9.17, 15) is 35.9 Å². The fraction of sp³-hybridized carbons (Fsp3) is 0.452. The van der Waals surface area contributed by atoms with Crippen LogP contribution in [0.25, 0.3) is 22.2 Å². The summed E-state index contributed by atoms with van der Waals surface area (Å²) in [6, 6.07) is 3.21. The summed E-state index contributed by atoms with van der Waals surface area (Å²) in [5, 5.41) is 5.96. The van der Waals surface area contributed by atoms with Gasteiger partial charge in [-0.3, -0.25) is 9.59 Å². The van der Waals surface area contributed by atoms with Gasteiger partial charge in [0.25, 0.3) is 11.1 Å². The molecule has 264 valence electrons. The van der Waals surface area contributed by atoms with Gasteiger partial charge in [0.1, 0.15) is 12.3 Å². The molecule has 1 aliphatic carbocycles. The van der Waals surface area contributed by atoms with Crippen LogP contribution >= 0.6 is 0 Å². The SMILES string of the molecule is C[Si](C)(C)CCOCn1ncc(NCC2CC(Cn3ccc4cc(-c5ncc(C(F)(F)F)cn5)c(F)c(F)c4c3=O)C2)c(C(F)(F)F)c1=O. The Kier molecular flexibility index (Phi) is 10.0. The third kappa shape index (κ3) is 8.17. The van der Waals surface area contributed by atoms with Crippen molar-refractivity contribution in [2.24, 2.45) is 11.8 Å². The van der Waals surface area contributed by atoms with E-state index < -0.39 is 83.5 Å². The molecule has 5 rings (SSSR count). The number of nitrogens with one attached hydrogen (secondary N) is 1. The van der Waals surface area contributed by atoms with Gasteiger partial charge in [-0.15, -0.1) is 0 Å². The van der Waals surface area contributed by atoms with Crippen molar-refractivity contribution in [3.8, 4) is 11.4 Å². The highest BCUT2D eigenvalue weighted by molar-refractivity contribution is 6.76. The van der Waals surface area contributed by atoms with Crippen molar-refractivity contribution in [1.29, 1.82) is 0 Å². The lowest BCUT2D eigenvalue weighted by Crippen LogP contribution is -2.36. The van der Waals surface area contributed by atoms with Crippen LogP contribution in [0.1, 0.15) is 24.0 Å². The molecule has 0 bridgehead atoms. The second kappa shape index (κ2) is 13.6. The highest BCUT2D eigenvalue weighted by atomic mass is 28.3. The summed E-state index contributed by atoms with van der Waals surface area (Å²) in [6.07, 6.45) is -5.48. The summed E-state index contributed by atoms with van der Waals surface area (Å²) >= 11 is 0. The van der Waals surface area contributed by atoms with Crippen molar-refractivity contribution in [1.82, 2.24) is 24.3 Å². The molecule has 9 nitrogen and oxygen atoms in total. The Labute approximate surface area is 275 Å². The van der Waals surface area contributed by atoms with Crippen LogP contribution in [-0.2, 0) is 30.4 Å². The van der Waals surface area contributed by atoms with E-state index in [1.807, 2.05) is 0 Å². The average molecular weight is 717 g/mol. The number of ether oxygens (including phenoxy) is 1. The van der Waals surface area contributed by atoms with Gasteiger partial charge in [-0.05, 0) is 48.2 Å². The molecule has 0 amide bonds. The predicted octanol–water partition coefficient (Wildman–Crippen LogP) is 6.78. The molecule has 49 heavy (non-hydrogen) atoms. The predicted molar refractivity (Wildman–Crippen MR) is 166 cm³/mol. The van der Waals surface area contributed by atoms with Crippen LogP contribution in [0.4, 0.5) is 40.8 Å². The summed E-state index contributed by atoms with van der Waals surface area (Å²) in [7, 11) is -1.44. The minimum atomic E-state index is -4.94. The zero-order valence-corrected chi connectivity index (χ0v) is 27.6. The Bertz CT molecular complexity index is 1950. The second-order valence-corrected chi connectivity index (χ2v) is 18.9. The standard InChI is InChI=1S/C31H32F8N6O3Si/c1-49(2,3)7-6-48-16-45-29(47)24(31(37,38)39)22(14-43-45)40-11-17-8-18(9-17)15-44-5-4-19-10-21(25(32)26(33)23(19)28(44)46)27-41-12-20(13-42-27)30(34,35)36/h4-5,10,12-14,17-18,40H,6-9,11,15-16H2,1-3H3. The van der Waals surface area contributed by atoms with Crippen molar-refractivity contribution in [3.63, 3.8) is 0 Å². The molecule has 0 aliphatic heterocycles. The van der Waals surface area contributed by atoms with E-state index in [4.69, 9.17) is 4.74 Å². The quantitative estimate of drug-likeness (QED) is 0.104. The van der Waals surface area contributed by atoms with E-state index in [0.29, 0.717) is 36.5 Å². The van der Waals surface area contributed by atoms with Crippen LogP contribution < -0.4 is 16.4 Å². The first-order chi connectivity index (χ1) is 22.8. The smallest absolute Gasteiger partial charge is 0.383 e. The Morgan fingerprint density at radius 3 is 2.22 bits per heavy atom. The zero-order chi connectivity index (χ0) is 35.9. The van der Waals surface area contributed by atoms with Gasteiger partial charge in [-0.2, -0.15) is 31.4 Å². The Morgan fingerprint density at radius 2 is 1.61 bits per heavy atom. The molecule has 1 fully saturated rings. The number of benzene rings is 1. The third-order valence-corrected chi connectivity index (χ3v) is 9.98. The van der Waals surface area contributed by atoms with Crippen LogP contribution in [-0.4, -0.2) is 45.5 Å². The van der Waals surface area contributed by atoms with Crippen LogP contribution in [0.2, 0.25) is 25.7 Å². The number of anilines is 1. The molecule has 1 N–H and O–H groups in total. The van der Waals surface area contributed by atoms with Crippen LogP contribution in [0, 0.1) is 23.5 Å². The van der Waals surface area contributed by atoms with Gasteiger partial charge in [0, 0.05) is 46.4 Å². The van der Waals surface area contributed by atoms with Crippen LogP contribution in [0.3, 0.4) is 0 Å². The molecule has 0 spiro atoms. The van der Waals surface area contributed by atoms with Crippen molar-refractivity contribution in [2.75, 3.05) is 18.5 Å². The third-order valence-electron chi connectivity index (χ3n) is 8.27. The molecule has 4 aromatic rings. The number of halogens is 8. The van der Waals surface area contributed by atoms with Crippen LogP contribution in [0.15, 0.2) is 46.5 Å². The molecule has 18 heteroatoms. The molecular formula is C31H32F8N6O3Si. The minimum absolute atomic E-state index is 0.0107. The topological polar surface area (TPSA) is 104 Å². The molecule has 1 aromatic carbocycles. The Balaban J connectivity index is 1.23. The van der Waals surface area contributed by atoms with E-state index in [1.165, 1.54) is 16.8 Å². The number of rotatable bonds is 11. The zero-order valence-electron chi connectivity index (χ0n) is 26.6. The minimum Gasteiger partial charge on any atom is -0.383 e. The first-order valence-corrected chi connectivity index (χ1v) is 18.9. The van der Waals surface area contributed by atoms with Gasteiger partial charge >= 0.3 is 12.4 Å². The van der Waals surface area contributed by atoms with Gasteiger partial charge in [0.05, 0.1) is 28.4 Å². The summed E-state index contributed by atoms with van der Waals surface area (Å²) in [6.45, 7) is 6.46. The van der Waals surface area contributed by atoms with E-state index in [2.05, 4.69) is 40.0 Å². The van der Waals surface area contributed by atoms with Crippen molar-refractivity contribution in [3.05, 3.63) is 80.4 Å². The number of fused-ring (bicyclic) bond motifs is 1. The number of nitrogens with zero attached hydrogens (tertiary/aromatic N) is 5. The normalized spacial score (nSPS) is 17.0. The summed E-state index contributed by atoms with van der Waals surface area (Å²) in [5.74, 6) is -3.69. The highest BCUT2D eigenvalue weighted by Crippen LogP contribution is 2.37. The molecular weight excluding hydrogens is 684 g/mol. The highest BCUT2D eigenvalue weighted by Gasteiger charge is 2.39. The Morgan fingerprint density at radius 1 is 0.939 bits per heavy atom. The van der Waals surface area contributed by atoms with Gasteiger partial charge < -0.3 is 14.6 Å². The number of hydrogen-bond acceptors (Lipinski definition) is 7. The van der Waals surface area contributed by atoms with Crippen molar-refractivity contribution in [2.45, 2.75) is 64.2 Å². The van der Waals surface area contributed by atoms with Crippen LogP contribution in [0.5, 0.6) is 0 Å². The number of hydrogen-bond donors (Lipinski definition) is 1. The largest absolute Gasteiger partial charge is 0.423 e. The van der Waals surface area contributed by atoms with Gasteiger partial charge in [0.15, 0.2) is 17.5 Å². The second-order valence-electron chi connectivity index (χ2n) is 13.3. The summed E-state index contributed by atoms with van der Waals surface area (Å²) < 4.78 is 118. The van der Waals surface area contributed by atoms with Crippen molar-refractivity contribution >= 4 is 24.5 Å². The van der Waals surface area contributed by atoms with Gasteiger partial charge in [-0.1, -0.05) is 19.6 Å².